The molecular formula is C12H15ClN2O3S. The Labute approximate surface area is 116 Å². The van der Waals surface area contributed by atoms with E-state index in [0.29, 0.717) is 11.8 Å². The highest BCUT2D eigenvalue weighted by Crippen LogP contribution is 2.45. The highest BCUT2D eigenvalue weighted by atomic mass is 35.5. The van der Waals surface area contributed by atoms with Gasteiger partial charge in [0.2, 0.25) is 10.0 Å². The Morgan fingerprint density at radius 3 is 2.32 bits per heavy atom. The molecule has 5 nitrogen and oxygen atoms in total. The normalized spacial score (nSPS) is 19.9. The summed E-state index contributed by atoms with van der Waals surface area (Å²) in [5.41, 5.74) is -0.485. The molecule has 0 aliphatic heterocycles. The summed E-state index contributed by atoms with van der Waals surface area (Å²) in [6.07, 6.45) is 5.56. The van der Waals surface area contributed by atoms with Crippen molar-refractivity contribution >= 4 is 21.6 Å². The zero-order valence-corrected chi connectivity index (χ0v) is 11.8. The van der Waals surface area contributed by atoms with Crippen LogP contribution in [0.5, 0.6) is 0 Å². The van der Waals surface area contributed by atoms with E-state index in [-0.39, 0.29) is 16.0 Å². The first-order valence-corrected chi connectivity index (χ1v) is 8.24. The van der Waals surface area contributed by atoms with Crippen molar-refractivity contribution < 1.29 is 8.42 Å². The Hall–Kier alpha value is -0.850. The number of rotatable bonds is 5. The fourth-order valence-corrected chi connectivity index (χ4v) is 3.93. The Kier molecular flexibility index (Phi) is 3.19. The average molecular weight is 303 g/mol. The van der Waals surface area contributed by atoms with Gasteiger partial charge < -0.3 is 4.98 Å². The number of hydrogen-bond acceptors (Lipinski definition) is 3. The number of aromatic nitrogens is 1. The lowest BCUT2D eigenvalue weighted by molar-refractivity contribution is 0.471. The molecule has 104 valence electrons. The van der Waals surface area contributed by atoms with Gasteiger partial charge in [-0.3, -0.25) is 4.79 Å². The van der Waals surface area contributed by atoms with E-state index in [2.05, 4.69) is 9.71 Å². The summed E-state index contributed by atoms with van der Waals surface area (Å²) >= 11 is 5.67. The molecule has 0 saturated heterocycles. The minimum absolute atomic E-state index is 0.0170. The van der Waals surface area contributed by atoms with E-state index >= 15 is 0 Å². The van der Waals surface area contributed by atoms with Gasteiger partial charge in [0.1, 0.15) is 5.02 Å². The largest absolute Gasteiger partial charge is 0.326 e. The maximum atomic E-state index is 12.3. The zero-order chi connectivity index (χ0) is 13.6. The lowest BCUT2D eigenvalue weighted by Gasteiger charge is -2.17. The number of H-pyrrole nitrogens is 1. The predicted octanol–water partition coefficient (Wildman–Crippen LogP) is 1.50. The molecule has 3 rings (SSSR count). The molecule has 1 aromatic heterocycles. The van der Waals surface area contributed by atoms with E-state index in [4.69, 9.17) is 11.6 Å². The topological polar surface area (TPSA) is 79.0 Å². The smallest absolute Gasteiger partial charge is 0.266 e. The van der Waals surface area contributed by atoms with Gasteiger partial charge in [-0.15, -0.1) is 0 Å². The molecule has 1 aromatic rings. The van der Waals surface area contributed by atoms with Crippen molar-refractivity contribution in [3.63, 3.8) is 0 Å². The molecule has 2 aliphatic rings. The van der Waals surface area contributed by atoms with E-state index in [1.807, 2.05) is 0 Å². The monoisotopic (exact) mass is 302 g/mol. The third kappa shape index (κ3) is 2.85. The van der Waals surface area contributed by atoms with Crippen LogP contribution in [-0.4, -0.2) is 19.4 Å². The minimum atomic E-state index is -3.61. The quantitative estimate of drug-likeness (QED) is 0.865. The first-order chi connectivity index (χ1) is 8.97. The fourth-order valence-electron chi connectivity index (χ4n) is 2.33. The second-order valence-corrected chi connectivity index (χ2v) is 7.46. The summed E-state index contributed by atoms with van der Waals surface area (Å²) in [6.45, 7) is 0. The number of halogens is 1. The third-order valence-electron chi connectivity index (χ3n) is 3.69. The molecule has 0 bridgehead atoms. The third-order valence-corrected chi connectivity index (χ3v) is 5.41. The molecule has 0 amide bonds. The van der Waals surface area contributed by atoms with Gasteiger partial charge in [0.25, 0.3) is 5.56 Å². The molecule has 0 radical (unpaired) electrons. The summed E-state index contributed by atoms with van der Waals surface area (Å²) < 4.78 is 27.3. The van der Waals surface area contributed by atoms with E-state index in [9.17, 15) is 13.2 Å². The van der Waals surface area contributed by atoms with Crippen LogP contribution in [0, 0.1) is 11.8 Å². The molecule has 0 aromatic carbocycles. The van der Waals surface area contributed by atoms with Gasteiger partial charge in [-0.25, -0.2) is 13.1 Å². The van der Waals surface area contributed by atoms with E-state index < -0.39 is 15.6 Å². The number of nitrogens with one attached hydrogen (secondary N) is 2. The number of aromatic amines is 1. The number of hydrogen-bond donors (Lipinski definition) is 2. The SMILES string of the molecule is O=c1[nH]cc(S(=O)(=O)NC(C2CC2)C2CC2)cc1Cl. The highest BCUT2D eigenvalue weighted by Gasteiger charge is 2.43. The van der Waals surface area contributed by atoms with Crippen molar-refractivity contribution in [2.45, 2.75) is 36.6 Å². The van der Waals surface area contributed by atoms with Gasteiger partial charge in [0, 0.05) is 12.2 Å². The minimum Gasteiger partial charge on any atom is -0.326 e. The van der Waals surface area contributed by atoms with Gasteiger partial charge in [-0.1, -0.05) is 11.6 Å². The molecule has 2 fully saturated rings. The molecule has 2 saturated carbocycles. The van der Waals surface area contributed by atoms with Crippen molar-refractivity contribution in [2.24, 2.45) is 11.8 Å². The first-order valence-electron chi connectivity index (χ1n) is 6.38. The van der Waals surface area contributed by atoms with Crippen LogP contribution in [0.15, 0.2) is 22.0 Å². The summed E-state index contributed by atoms with van der Waals surface area (Å²) in [5.74, 6) is 0.945. The van der Waals surface area contributed by atoms with Crippen molar-refractivity contribution in [1.82, 2.24) is 9.71 Å². The van der Waals surface area contributed by atoms with Crippen molar-refractivity contribution in [1.29, 1.82) is 0 Å². The van der Waals surface area contributed by atoms with Crippen LogP contribution >= 0.6 is 11.6 Å². The molecule has 1 heterocycles. The van der Waals surface area contributed by atoms with Gasteiger partial charge in [0.05, 0.1) is 4.90 Å². The second kappa shape index (κ2) is 4.61. The maximum absolute atomic E-state index is 12.3. The molecule has 2 aliphatic carbocycles. The zero-order valence-electron chi connectivity index (χ0n) is 10.2. The average Bonchev–Trinajstić information content (AvgIpc) is 3.23. The standard InChI is InChI=1S/C12H15ClN2O3S/c13-10-5-9(6-14-12(10)16)19(17,18)15-11(7-1-2-7)8-3-4-8/h5-8,11,15H,1-4H2,(H,14,16). The summed E-state index contributed by atoms with van der Waals surface area (Å²) in [4.78, 5) is 13.5. The highest BCUT2D eigenvalue weighted by molar-refractivity contribution is 7.89. The Morgan fingerprint density at radius 2 is 1.84 bits per heavy atom. The van der Waals surface area contributed by atoms with Crippen LogP contribution in [0.25, 0.3) is 0 Å². The predicted molar refractivity (Wildman–Crippen MR) is 71.6 cm³/mol. The molecule has 0 atom stereocenters. The molecule has 2 N–H and O–H groups in total. The van der Waals surface area contributed by atoms with Crippen molar-refractivity contribution in [2.75, 3.05) is 0 Å². The van der Waals surface area contributed by atoms with E-state index in [1.165, 1.54) is 12.3 Å². The summed E-state index contributed by atoms with van der Waals surface area (Å²) in [6, 6.07) is 1.23. The van der Waals surface area contributed by atoms with Gasteiger partial charge >= 0.3 is 0 Å². The van der Waals surface area contributed by atoms with Crippen LogP contribution in [0.2, 0.25) is 5.02 Å². The lowest BCUT2D eigenvalue weighted by atomic mass is 10.1. The van der Waals surface area contributed by atoms with Crippen LogP contribution in [0.4, 0.5) is 0 Å². The lowest BCUT2D eigenvalue weighted by Crippen LogP contribution is -2.38. The molecule has 0 spiro atoms. The molecule has 7 heteroatoms. The van der Waals surface area contributed by atoms with Gasteiger partial charge in [-0.05, 0) is 43.6 Å². The Bertz CT molecular complexity index is 635. The van der Waals surface area contributed by atoms with Gasteiger partial charge in [-0.2, -0.15) is 0 Å². The van der Waals surface area contributed by atoms with Crippen LogP contribution in [0.1, 0.15) is 25.7 Å². The second-order valence-electron chi connectivity index (χ2n) is 5.33. The Morgan fingerprint density at radius 1 is 1.26 bits per heavy atom. The van der Waals surface area contributed by atoms with Crippen LogP contribution in [-0.2, 0) is 10.0 Å². The van der Waals surface area contributed by atoms with Crippen molar-refractivity contribution in [3.05, 3.63) is 27.6 Å². The Balaban J connectivity index is 1.84. The fraction of sp³-hybridized carbons (Fsp3) is 0.583. The van der Waals surface area contributed by atoms with Crippen LogP contribution in [0.3, 0.4) is 0 Å². The van der Waals surface area contributed by atoms with Crippen molar-refractivity contribution in [3.8, 4) is 0 Å². The number of pyridine rings is 1. The molecule has 0 unspecified atom stereocenters. The van der Waals surface area contributed by atoms with E-state index in [0.717, 1.165) is 25.7 Å². The van der Waals surface area contributed by atoms with E-state index in [1.54, 1.807) is 0 Å². The summed E-state index contributed by atoms with van der Waals surface area (Å²) in [7, 11) is -3.61. The maximum Gasteiger partial charge on any atom is 0.266 e. The number of sulfonamides is 1. The molecular weight excluding hydrogens is 288 g/mol. The summed E-state index contributed by atoms with van der Waals surface area (Å²) in [5, 5.41) is -0.114. The molecule has 19 heavy (non-hydrogen) atoms. The van der Waals surface area contributed by atoms with Gasteiger partial charge in [0.15, 0.2) is 0 Å². The van der Waals surface area contributed by atoms with Crippen LogP contribution < -0.4 is 10.3 Å². The first kappa shape index (κ1) is 13.1.